The number of hydrogen-bond acceptors (Lipinski definition) is 8. The number of nitrogens with zero attached hydrogens (tertiary/aromatic N) is 3. The van der Waals surface area contributed by atoms with E-state index in [1.54, 1.807) is 38.6 Å². The molecular weight excluding hydrogens is 318 g/mol. The Morgan fingerprint density at radius 3 is 2.38 bits per heavy atom. The van der Waals surface area contributed by atoms with E-state index >= 15 is 0 Å². The molecule has 2 aromatic rings. The van der Waals surface area contributed by atoms with Gasteiger partial charge in [0.2, 0.25) is 0 Å². The molecule has 0 aliphatic carbocycles. The van der Waals surface area contributed by atoms with Gasteiger partial charge in [0.05, 0.1) is 27.0 Å². The minimum atomic E-state index is -1.32. The first kappa shape index (κ1) is 16.7. The van der Waals surface area contributed by atoms with Crippen LogP contribution in [0, 0.1) is 0 Å². The Kier molecular flexibility index (Phi) is 4.67. The van der Waals surface area contributed by atoms with Crippen LogP contribution in [0.2, 0.25) is 0 Å². The third-order valence-corrected chi connectivity index (χ3v) is 3.89. The normalized spacial score (nSPS) is 27.0. The maximum Gasteiger partial charge on any atom is 0.180 e. The molecule has 130 valence electrons. The molecule has 2 heterocycles. The second-order valence-electron chi connectivity index (χ2n) is 5.46. The minimum Gasteiger partial charge on any atom is -0.497 e. The van der Waals surface area contributed by atoms with Crippen molar-refractivity contribution in [1.29, 1.82) is 0 Å². The number of methoxy groups -OCH3 is 2. The molecule has 0 amide bonds. The highest BCUT2D eigenvalue weighted by atomic mass is 16.5. The molecule has 3 N–H and O–H groups in total. The Labute approximate surface area is 138 Å². The van der Waals surface area contributed by atoms with Gasteiger partial charge in [0.25, 0.3) is 0 Å². The smallest absolute Gasteiger partial charge is 0.180 e. The van der Waals surface area contributed by atoms with E-state index < -0.39 is 24.5 Å². The third-order valence-electron chi connectivity index (χ3n) is 3.89. The largest absolute Gasteiger partial charge is 0.497 e. The lowest BCUT2D eigenvalue weighted by Crippen LogP contribution is -2.50. The number of rotatable bonds is 4. The van der Waals surface area contributed by atoms with Crippen molar-refractivity contribution in [1.82, 2.24) is 15.0 Å². The van der Waals surface area contributed by atoms with E-state index in [1.807, 2.05) is 0 Å². The molecule has 0 spiro atoms. The van der Waals surface area contributed by atoms with Crippen molar-refractivity contribution in [3.63, 3.8) is 0 Å². The molecule has 1 saturated heterocycles. The second kappa shape index (κ2) is 6.73. The molecule has 1 fully saturated rings. The molecule has 1 aromatic heterocycles. The second-order valence-corrected chi connectivity index (χ2v) is 5.46. The maximum atomic E-state index is 10.0. The minimum absolute atomic E-state index is 0.106. The van der Waals surface area contributed by atoms with E-state index in [0.717, 1.165) is 0 Å². The van der Waals surface area contributed by atoms with Gasteiger partial charge in [-0.05, 0) is 12.1 Å². The fraction of sp³-hybridized carbons (Fsp3) is 0.467. The van der Waals surface area contributed by atoms with Crippen molar-refractivity contribution >= 4 is 0 Å². The number of benzene rings is 1. The third kappa shape index (κ3) is 3.06. The monoisotopic (exact) mass is 337 g/mol. The lowest BCUT2D eigenvalue weighted by molar-refractivity contribution is -0.214. The summed E-state index contributed by atoms with van der Waals surface area (Å²) in [6.07, 6.45) is -3.12. The van der Waals surface area contributed by atoms with Crippen LogP contribution in [-0.2, 0) is 4.74 Å². The zero-order valence-electron chi connectivity index (χ0n) is 13.2. The van der Waals surface area contributed by atoms with E-state index in [2.05, 4.69) is 10.3 Å². The number of aromatic nitrogens is 3. The first-order valence-corrected chi connectivity index (χ1v) is 7.34. The molecule has 1 aliphatic heterocycles. The lowest BCUT2D eigenvalue weighted by Gasteiger charge is -2.34. The summed E-state index contributed by atoms with van der Waals surface area (Å²) < 4.78 is 17.1. The fourth-order valence-corrected chi connectivity index (χ4v) is 2.51. The summed E-state index contributed by atoms with van der Waals surface area (Å²) in [5, 5.41) is 37.3. The van der Waals surface area contributed by atoms with Crippen LogP contribution >= 0.6 is 0 Å². The summed E-state index contributed by atoms with van der Waals surface area (Å²) >= 11 is 0. The Morgan fingerprint density at radius 2 is 1.75 bits per heavy atom. The Hall–Kier alpha value is -2.20. The summed E-state index contributed by atoms with van der Waals surface area (Å²) in [5.74, 6) is 1.21. The van der Waals surface area contributed by atoms with Crippen molar-refractivity contribution < 1.29 is 29.5 Å². The molecule has 0 radical (unpaired) electrons. The van der Waals surface area contributed by atoms with Crippen LogP contribution in [0.4, 0.5) is 0 Å². The average molecular weight is 337 g/mol. The first-order valence-electron chi connectivity index (χ1n) is 7.34. The van der Waals surface area contributed by atoms with E-state index in [9.17, 15) is 15.3 Å². The van der Waals surface area contributed by atoms with E-state index in [4.69, 9.17) is 14.2 Å². The van der Waals surface area contributed by atoms with E-state index in [1.165, 1.54) is 4.68 Å². The molecule has 24 heavy (non-hydrogen) atoms. The predicted octanol–water partition coefficient (Wildman–Crippen LogP) is -0.426. The number of aliphatic hydroxyl groups excluding tert-OH is 3. The van der Waals surface area contributed by atoms with Gasteiger partial charge in [-0.2, -0.15) is 0 Å². The van der Waals surface area contributed by atoms with Gasteiger partial charge in [-0.3, -0.25) is 0 Å². The van der Waals surface area contributed by atoms with Gasteiger partial charge in [0, 0.05) is 11.6 Å². The van der Waals surface area contributed by atoms with Crippen LogP contribution in [0.5, 0.6) is 11.5 Å². The summed E-state index contributed by atoms with van der Waals surface area (Å²) in [6.45, 7) is -0.106. The molecule has 3 rings (SSSR count). The zero-order chi connectivity index (χ0) is 17.3. The van der Waals surface area contributed by atoms with Crippen molar-refractivity contribution in [2.24, 2.45) is 0 Å². The van der Waals surface area contributed by atoms with E-state index in [-0.39, 0.29) is 6.61 Å². The molecule has 4 atom stereocenters. The molecule has 9 nitrogen and oxygen atoms in total. The van der Waals surface area contributed by atoms with Crippen molar-refractivity contribution in [2.75, 3.05) is 20.8 Å². The van der Waals surface area contributed by atoms with Crippen LogP contribution in [0.1, 0.15) is 6.23 Å². The Balaban J connectivity index is 1.88. The van der Waals surface area contributed by atoms with Crippen molar-refractivity contribution in [3.05, 3.63) is 24.4 Å². The summed E-state index contributed by atoms with van der Waals surface area (Å²) in [4.78, 5) is 0. The maximum absolute atomic E-state index is 10.0. The highest BCUT2D eigenvalue weighted by Gasteiger charge is 2.39. The van der Waals surface area contributed by atoms with Gasteiger partial charge in [0.15, 0.2) is 6.23 Å². The van der Waals surface area contributed by atoms with Gasteiger partial charge >= 0.3 is 0 Å². The van der Waals surface area contributed by atoms with Crippen LogP contribution in [0.25, 0.3) is 11.3 Å². The zero-order valence-corrected chi connectivity index (χ0v) is 13.2. The Bertz CT molecular complexity index is 684. The molecule has 1 aromatic carbocycles. The molecule has 1 aliphatic rings. The van der Waals surface area contributed by atoms with Gasteiger partial charge < -0.3 is 29.5 Å². The van der Waals surface area contributed by atoms with E-state index in [0.29, 0.717) is 22.8 Å². The predicted molar refractivity (Wildman–Crippen MR) is 81.6 cm³/mol. The molecule has 9 heteroatoms. The quantitative estimate of drug-likeness (QED) is 0.688. The fourth-order valence-electron chi connectivity index (χ4n) is 2.51. The highest BCUT2D eigenvalue weighted by Crippen LogP contribution is 2.30. The number of aliphatic hydroxyl groups is 3. The standard InChI is InChI=1S/C15H19N3O6/c1-22-9-3-8(4-10(5-9)23-2)11-6-18(17-16-11)15-14(21)13(20)12(19)7-24-15/h3-6,12-15,19-21H,7H2,1-2H3. The summed E-state index contributed by atoms with van der Waals surface area (Å²) in [7, 11) is 3.10. The molecular formula is C15H19N3O6. The van der Waals surface area contributed by atoms with Crippen LogP contribution < -0.4 is 9.47 Å². The summed E-state index contributed by atoms with van der Waals surface area (Å²) in [6, 6.07) is 5.28. The van der Waals surface area contributed by atoms with Gasteiger partial charge in [0.1, 0.15) is 35.5 Å². The van der Waals surface area contributed by atoms with Crippen LogP contribution in [0.15, 0.2) is 24.4 Å². The van der Waals surface area contributed by atoms with Gasteiger partial charge in [-0.15, -0.1) is 5.10 Å². The molecule has 0 bridgehead atoms. The summed E-state index contributed by atoms with van der Waals surface area (Å²) in [5.41, 5.74) is 1.23. The number of ether oxygens (including phenoxy) is 3. The van der Waals surface area contributed by atoms with Gasteiger partial charge in [-0.25, -0.2) is 4.68 Å². The SMILES string of the molecule is COc1cc(OC)cc(-c2cn(C3OCC(O)C(O)C3O)nn2)c1. The lowest BCUT2D eigenvalue weighted by atomic mass is 10.0. The van der Waals surface area contributed by atoms with Crippen molar-refractivity contribution in [3.8, 4) is 22.8 Å². The van der Waals surface area contributed by atoms with Gasteiger partial charge in [-0.1, -0.05) is 5.21 Å². The first-order chi connectivity index (χ1) is 11.5. The highest BCUT2D eigenvalue weighted by molar-refractivity contribution is 5.63. The van der Waals surface area contributed by atoms with Crippen LogP contribution in [-0.4, -0.2) is 69.5 Å². The number of hydrogen-bond donors (Lipinski definition) is 3. The van der Waals surface area contributed by atoms with Crippen LogP contribution in [0.3, 0.4) is 0 Å². The molecule has 4 unspecified atom stereocenters. The Morgan fingerprint density at radius 1 is 1.08 bits per heavy atom. The topological polar surface area (TPSA) is 119 Å². The average Bonchev–Trinajstić information content (AvgIpc) is 3.09. The molecule has 0 saturated carbocycles. The van der Waals surface area contributed by atoms with Crippen molar-refractivity contribution in [2.45, 2.75) is 24.5 Å².